The first-order chi connectivity index (χ1) is 16.5. The quantitative estimate of drug-likeness (QED) is 0.199. The van der Waals surface area contributed by atoms with E-state index in [-0.39, 0.29) is 11.1 Å². The summed E-state index contributed by atoms with van der Waals surface area (Å²) >= 11 is 20.0. The first-order valence-corrected chi connectivity index (χ1v) is 12.0. The molecule has 0 spiro atoms. The Balaban J connectivity index is 1.54. The maximum atomic E-state index is 13.4. The molecule has 2 aromatic carbocycles. The number of hydrogen-bond acceptors (Lipinski definition) is 5. The van der Waals surface area contributed by atoms with Crippen molar-refractivity contribution < 1.29 is 9.21 Å². The predicted molar refractivity (Wildman–Crippen MR) is 140 cm³/mol. The van der Waals surface area contributed by atoms with Crippen LogP contribution in [-0.2, 0) is 4.79 Å². The lowest BCUT2D eigenvalue weighted by molar-refractivity contribution is -0.113. The van der Waals surface area contributed by atoms with E-state index in [1.807, 2.05) is 30.3 Å². The number of para-hydroxylation sites is 1. The Morgan fingerprint density at radius 2 is 1.68 bits per heavy atom. The summed E-state index contributed by atoms with van der Waals surface area (Å²) in [4.78, 5) is 24.1. The lowest BCUT2D eigenvalue weighted by Gasteiger charge is -2.15. The van der Waals surface area contributed by atoms with Crippen LogP contribution in [0.15, 0.2) is 93.3 Å². The molecule has 1 saturated heterocycles. The van der Waals surface area contributed by atoms with Crippen LogP contribution in [0.25, 0.3) is 17.4 Å². The number of rotatable bonds is 4. The summed E-state index contributed by atoms with van der Waals surface area (Å²) < 4.78 is 5.95. The molecule has 0 saturated carbocycles. The van der Waals surface area contributed by atoms with E-state index >= 15 is 0 Å². The number of nitrogens with zero attached hydrogens (tertiary/aromatic N) is 3. The third-order valence-electron chi connectivity index (χ3n) is 4.89. The maximum Gasteiger partial charge on any atom is 0.271 e. The summed E-state index contributed by atoms with van der Waals surface area (Å²) in [5, 5.41) is 1.66. The van der Waals surface area contributed by atoms with Crippen molar-refractivity contribution in [2.75, 3.05) is 4.90 Å². The zero-order valence-corrected chi connectivity index (χ0v) is 20.4. The molecule has 0 N–H and O–H groups in total. The monoisotopic (exact) mass is 525 g/mol. The topological polar surface area (TPSA) is 58.7 Å². The number of amidine groups is 1. The summed E-state index contributed by atoms with van der Waals surface area (Å²) in [7, 11) is 0. The Morgan fingerprint density at radius 1 is 0.912 bits per heavy atom. The number of pyridine rings is 1. The van der Waals surface area contributed by atoms with Crippen molar-refractivity contribution in [3.05, 3.63) is 105 Å². The standard InChI is InChI=1S/C25H14Cl3N3O2S/c26-17-8-4-9-18(27)22(17)20-12-11-16(33-20)14-21-24(32)31(15-6-2-1-3-7-15)25(34-21)30-19-10-5-13-29-23(19)28/h1-14H/b21-14+,30-25?. The number of aliphatic imine (C=N–C) groups is 1. The number of halogens is 3. The minimum atomic E-state index is -0.233. The molecule has 4 aromatic rings. The molecule has 1 aliphatic rings. The van der Waals surface area contributed by atoms with Crippen molar-refractivity contribution in [1.29, 1.82) is 0 Å². The zero-order valence-electron chi connectivity index (χ0n) is 17.3. The number of amides is 1. The molecule has 0 unspecified atom stereocenters. The fourth-order valence-electron chi connectivity index (χ4n) is 3.34. The minimum absolute atomic E-state index is 0.233. The lowest BCUT2D eigenvalue weighted by Crippen LogP contribution is -2.28. The second kappa shape index (κ2) is 9.68. The van der Waals surface area contributed by atoms with Crippen LogP contribution in [0.4, 0.5) is 11.4 Å². The molecule has 9 heteroatoms. The number of carbonyl (C=O) groups is 1. The molecule has 1 fully saturated rings. The first-order valence-electron chi connectivity index (χ1n) is 10.0. The Labute approximate surface area is 214 Å². The Kier molecular flexibility index (Phi) is 6.48. The zero-order chi connectivity index (χ0) is 23.7. The van der Waals surface area contributed by atoms with Gasteiger partial charge >= 0.3 is 0 Å². The van der Waals surface area contributed by atoms with E-state index in [0.717, 1.165) is 0 Å². The number of thioether (sulfide) groups is 1. The van der Waals surface area contributed by atoms with Gasteiger partial charge in [-0.3, -0.25) is 9.69 Å². The molecule has 1 amide bonds. The third-order valence-corrected chi connectivity index (χ3v) is 6.78. The van der Waals surface area contributed by atoms with Crippen molar-refractivity contribution in [1.82, 2.24) is 4.98 Å². The van der Waals surface area contributed by atoms with Gasteiger partial charge in [0.15, 0.2) is 10.3 Å². The van der Waals surface area contributed by atoms with Crippen LogP contribution in [0.5, 0.6) is 0 Å². The SMILES string of the molecule is O=C1/C(=C\c2ccc(-c3c(Cl)cccc3Cl)o2)SC(=Nc2cccnc2Cl)N1c1ccccc1. The molecule has 34 heavy (non-hydrogen) atoms. The second-order valence-corrected chi connectivity index (χ2v) is 9.27. The molecule has 168 valence electrons. The van der Waals surface area contributed by atoms with E-state index in [0.29, 0.717) is 48.6 Å². The molecule has 0 aliphatic carbocycles. The van der Waals surface area contributed by atoms with E-state index in [9.17, 15) is 4.79 Å². The summed E-state index contributed by atoms with van der Waals surface area (Å²) in [6.07, 6.45) is 3.25. The van der Waals surface area contributed by atoms with E-state index in [4.69, 9.17) is 39.2 Å². The highest BCUT2D eigenvalue weighted by Crippen LogP contribution is 2.40. The highest BCUT2D eigenvalue weighted by Gasteiger charge is 2.35. The molecule has 3 heterocycles. The van der Waals surface area contributed by atoms with E-state index in [2.05, 4.69) is 9.98 Å². The van der Waals surface area contributed by atoms with Gasteiger partial charge in [0.1, 0.15) is 17.2 Å². The molecule has 0 radical (unpaired) electrons. The van der Waals surface area contributed by atoms with Gasteiger partial charge in [0.2, 0.25) is 0 Å². The highest BCUT2D eigenvalue weighted by molar-refractivity contribution is 8.19. The van der Waals surface area contributed by atoms with Crippen LogP contribution < -0.4 is 4.90 Å². The highest BCUT2D eigenvalue weighted by atomic mass is 35.5. The average Bonchev–Trinajstić information content (AvgIpc) is 3.40. The summed E-state index contributed by atoms with van der Waals surface area (Å²) in [6.45, 7) is 0. The molecule has 5 rings (SSSR count). The summed E-state index contributed by atoms with van der Waals surface area (Å²) in [5.41, 5.74) is 1.75. The number of benzene rings is 2. The van der Waals surface area contributed by atoms with Crippen LogP contribution >= 0.6 is 46.6 Å². The van der Waals surface area contributed by atoms with Crippen molar-refractivity contribution in [2.24, 2.45) is 4.99 Å². The van der Waals surface area contributed by atoms with Crippen molar-refractivity contribution in [3.8, 4) is 11.3 Å². The van der Waals surface area contributed by atoms with Gasteiger partial charge in [-0.2, -0.15) is 0 Å². The number of hydrogen-bond donors (Lipinski definition) is 0. The molecule has 2 aromatic heterocycles. The maximum absolute atomic E-state index is 13.4. The van der Waals surface area contributed by atoms with Gasteiger partial charge in [-0.05, 0) is 60.3 Å². The van der Waals surface area contributed by atoms with Gasteiger partial charge in [-0.15, -0.1) is 0 Å². The molecule has 0 bridgehead atoms. The fourth-order valence-corrected chi connectivity index (χ4v) is 5.06. The van der Waals surface area contributed by atoms with Gasteiger partial charge in [0.05, 0.1) is 26.2 Å². The van der Waals surface area contributed by atoms with Crippen molar-refractivity contribution in [3.63, 3.8) is 0 Å². The van der Waals surface area contributed by atoms with E-state index in [1.54, 1.807) is 54.7 Å². The third kappa shape index (κ3) is 4.50. The molecule has 5 nitrogen and oxygen atoms in total. The Bertz CT molecular complexity index is 1430. The lowest BCUT2D eigenvalue weighted by atomic mass is 10.2. The van der Waals surface area contributed by atoms with Crippen molar-refractivity contribution >= 4 is 75.1 Å². The predicted octanol–water partition coefficient (Wildman–Crippen LogP) is 8.11. The van der Waals surface area contributed by atoms with Gasteiger partial charge in [0.25, 0.3) is 5.91 Å². The number of anilines is 1. The van der Waals surface area contributed by atoms with Crippen LogP contribution in [0, 0.1) is 0 Å². The normalized spacial score (nSPS) is 16.1. The average molecular weight is 527 g/mol. The fraction of sp³-hybridized carbons (Fsp3) is 0. The minimum Gasteiger partial charge on any atom is -0.457 e. The Morgan fingerprint density at radius 3 is 2.41 bits per heavy atom. The first kappa shape index (κ1) is 22.7. The van der Waals surface area contributed by atoms with Crippen molar-refractivity contribution in [2.45, 2.75) is 0 Å². The second-order valence-electron chi connectivity index (χ2n) is 7.09. The number of carbonyl (C=O) groups excluding carboxylic acids is 1. The number of furan rings is 1. The van der Waals surface area contributed by atoms with Crippen LogP contribution in [0.3, 0.4) is 0 Å². The largest absolute Gasteiger partial charge is 0.457 e. The van der Waals surface area contributed by atoms with Crippen LogP contribution in [-0.4, -0.2) is 16.1 Å². The van der Waals surface area contributed by atoms with Crippen LogP contribution in [0.2, 0.25) is 15.2 Å². The molecular weight excluding hydrogens is 513 g/mol. The van der Waals surface area contributed by atoms with Gasteiger partial charge in [0, 0.05) is 12.3 Å². The van der Waals surface area contributed by atoms with E-state index in [1.165, 1.54) is 16.7 Å². The van der Waals surface area contributed by atoms with Gasteiger partial charge in [-0.25, -0.2) is 9.98 Å². The van der Waals surface area contributed by atoms with Crippen LogP contribution in [0.1, 0.15) is 5.76 Å². The Hall–Kier alpha value is -3.03. The molecular formula is C25H14Cl3N3O2S. The van der Waals surface area contributed by atoms with Gasteiger partial charge < -0.3 is 4.42 Å². The van der Waals surface area contributed by atoms with Gasteiger partial charge in [-0.1, -0.05) is 59.1 Å². The summed E-state index contributed by atoms with van der Waals surface area (Å²) in [5.74, 6) is 0.757. The smallest absolute Gasteiger partial charge is 0.271 e. The molecule has 1 aliphatic heterocycles. The van der Waals surface area contributed by atoms with E-state index < -0.39 is 0 Å². The number of aromatic nitrogens is 1. The summed E-state index contributed by atoms with van der Waals surface area (Å²) in [6, 6.07) is 21.5. The molecule has 0 atom stereocenters.